The second-order valence-electron chi connectivity index (χ2n) is 6.67. The number of aromatic nitrogens is 4. The number of carbonyl (C=O) groups is 1. The van der Waals surface area contributed by atoms with Crippen molar-refractivity contribution in [2.45, 2.75) is 25.7 Å². The summed E-state index contributed by atoms with van der Waals surface area (Å²) in [6.07, 6.45) is 2.00. The molecular weight excluding hydrogens is 330 g/mol. The van der Waals surface area contributed by atoms with Crippen LogP contribution in [0.1, 0.15) is 40.6 Å². The molecule has 0 atom stereocenters. The maximum absolute atomic E-state index is 11.4. The van der Waals surface area contributed by atoms with Crippen molar-refractivity contribution in [3.63, 3.8) is 0 Å². The number of esters is 1. The van der Waals surface area contributed by atoms with E-state index in [4.69, 9.17) is 4.98 Å². The average molecular weight is 351 g/mol. The van der Waals surface area contributed by atoms with E-state index in [0.29, 0.717) is 5.92 Å². The highest BCUT2D eigenvalue weighted by molar-refractivity contribution is 5.87. The summed E-state index contributed by atoms with van der Waals surface area (Å²) >= 11 is 0. The Kier molecular flexibility index (Phi) is 4.28. The van der Waals surface area contributed by atoms with Crippen molar-refractivity contribution in [1.82, 2.24) is 20.2 Å². The van der Waals surface area contributed by atoms with Crippen molar-refractivity contribution >= 4 is 22.8 Å². The van der Waals surface area contributed by atoms with Gasteiger partial charge in [0.1, 0.15) is 5.82 Å². The number of ether oxygens (including phenoxy) is 1. The second kappa shape index (κ2) is 6.74. The topological polar surface area (TPSA) is 84.0 Å². The fourth-order valence-electron chi connectivity index (χ4n) is 3.43. The highest BCUT2D eigenvalue weighted by Gasteiger charge is 2.24. The van der Waals surface area contributed by atoms with E-state index >= 15 is 0 Å². The largest absolute Gasteiger partial charge is 0.464 e. The maximum Gasteiger partial charge on any atom is 0.358 e. The van der Waals surface area contributed by atoms with Crippen molar-refractivity contribution in [2.24, 2.45) is 0 Å². The number of H-pyrrole nitrogens is 1. The first-order valence-electron chi connectivity index (χ1n) is 8.77. The van der Waals surface area contributed by atoms with Gasteiger partial charge in [0.05, 0.1) is 18.1 Å². The van der Waals surface area contributed by atoms with Crippen molar-refractivity contribution < 1.29 is 9.53 Å². The van der Waals surface area contributed by atoms with Gasteiger partial charge in [-0.1, -0.05) is 6.07 Å². The quantitative estimate of drug-likeness (QED) is 0.731. The van der Waals surface area contributed by atoms with Crippen LogP contribution in [0.2, 0.25) is 0 Å². The van der Waals surface area contributed by atoms with Crippen LogP contribution in [-0.4, -0.2) is 46.3 Å². The first kappa shape index (κ1) is 16.5. The Morgan fingerprint density at radius 3 is 2.69 bits per heavy atom. The molecule has 1 aromatic carbocycles. The van der Waals surface area contributed by atoms with Crippen LogP contribution in [0.4, 0.5) is 5.82 Å². The number of rotatable bonds is 3. The lowest BCUT2D eigenvalue weighted by molar-refractivity contribution is 0.0592. The second-order valence-corrected chi connectivity index (χ2v) is 6.67. The number of hydrogen-bond acceptors (Lipinski definition) is 6. The van der Waals surface area contributed by atoms with Gasteiger partial charge in [-0.05, 0) is 49.6 Å². The van der Waals surface area contributed by atoms with Gasteiger partial charge in [0.25, 0.3) is 0 Å². The normalized spacial score (nSPS) is 15.4. The lowest BCUT2D eigenvalue weighted by Crippen LogP contribution is -2.34. The molecule has 2 aromatic heterocycles. The number of anilines is 1. The van der Waals surface area contributed by atoms with E-state index in [1.807, 2.05) is 6.07 Å². The fourth-order valence-corrected chi connectivity index (χ4v) is 3.43. The van der Waals surface area contributed by atoms with Gasteiger partial charge in [0, 0.05) is 19.0 Å². The minimum Gasteiger partial charge on any atom is -0.464 e. The summed E-state index contributed by atoms with van der Waals surface area (Å²) in [4.78, 5) is 21.9. The molecule has 1 aliphatic rings. The zero-order chi connectivity index (χ0) is 18.1. The Bertz CT molecular complexity index is 927. The van der Waals surface area contributed by atoms with E-state index < -0.39 is 5.97 Å². The van der Waals surface area contributed by atoms with E-state index in [0.717, 1.165) is 48.6 Å². The molecule has 3 heterocycles. The van der Waals surface area contributed by atoms with E-state index in [1.54, 1.807) is 6.07 Å². The number of hydrogen-bond donors (Lipinski definition) is 1. The molecule has 3 aromatic rings. The predicted molar refractivity (Wildman–Crippen MR) is 98.4 cm³/mol. The van der Waals surface area contributed by atoms with Crippen LogP contribution < -0.4 is 4.90 Å². The number of fused-ring (bicyclic) bond motifs is 1. The van der Waals surface area contributed by atoms with Crippen molar-refractivity contribution in [3.05, 3.63) is 47.4 Å². The molecule has 1 saturated heterocycles. The third-order valence-electron chi connectivity index (χ3n) is 4.91. The number of methoxy groups -OCH3 is 1. The minimum atomic E-state index is -0.470. The Morgan fingerprint density at radius 2 is 2.00 bits per heavy atom. The Labute approximate surface area is 151 Å². The zero-order valence-corrected chi connectivity index (χ0v) is 14.9. The molecule has 4 rings (SSSR count). The standard InChI is InChI=1S/C19H21N5O2/c1-12-3-4-14-16(11-12)21-18(20-14)13-7-9-24(10-8-13)17-6-5-15(22-23-17)19(25)26-2/h3-6,11,13H,7-10H2,1-2H3,(H,20,21). The van der Waals surface area contributed by atoms with Crippen molar-refractivity contribution in [1.29, 1.82) is 0 Å². The molecule has 0 unspecified atom stereocenters. The molecule has 1 aliphatic heterocycles. The number of benzene rings is 1. The van der Waals surface area contributed by atoms with Gasteiger partial charge in [-0.3, -0.25) is 0 Å². The van der Waals surface area contributed by atoms with Gasteiger partial charge in [0.2, 0.25) is 0 Å². The highest BCUT2D eigenvalue weighted by atomic mass is 16.5. The summed E-state index contributed by atoms with van der Waals surface area (Å²) in [5.74, 6) is 1.80. The molecular formula is C19H21N5O2. The van der Waals surface area contributed by atoms with Crippen LogP contribution in [0.5, 0.6) is 0 Å². The Morgan fingerprint density at radius 1 is 1.19 bits per heavy atom. The third kappa shape index (κ3) is 3.12. The molecule has 0 radical (unpaired) electrons. The number of aryl methyl sites for hydroxylation is 1. The first-order valence-corrected chi connectivity index (χ1v) is 8.77. The number of imidazole rings is 1. The zero-order valence-electron chi connectivity index (χ0n) is 14.9. The number of aromatic amines is 1. The molecule has 0 amide bonds. The smallest absolute Gasteiger partial charge is 0.358 e. The van der Waals surface area contributed by atoms with Crippen molar-refractivity contribution in [3.8, 4) is 0 Å². The Balaban J connectivity index is 1.44. The highest BCUT2D eigenvalue weighted by Crippen LogP contribution is 2.29. The maximum atomic E-state index is 11.4. The summed E-state index contributed by atoms with van der Waals surface area (Å²) in [6, 6.07) is 9.77. The average Bonchev–Trinajstić information content (AvgIpc) is 3.11. The molecule has 7 nitrogen and oxygen atoms in total. The molecule has 7 heteroatoms. The summed E-state index contributed by atoms with van der Waals surface area (Å²) in [5, 5.41) is 8.12. The predicted octanol–water partition coefficient (Wildman–Crippen LogP) is 2.83. The lowest BCUT2D eigenvalue weighted by atomic mass is 9.96. The van der Waals surface area contributed by atoms with Crippen LogP contribution in [0.3, 0.4) is 0 Å². The van der Waals surface area contributed by atoms with Crippen LogP contribution >= 0.6 is 0 Å². The molecule has 1 N–H and O–H groups in total. The molecule has 0 spiro atoms. The Hall–Kier alpha value is -2.96. The van der Waals surface area contributed by atoms with E-state index in [-0.39, 0.29) is 5.69 Å². The molecule has 26 heavy (non-hydrogen) atoms. The van der Waals surface area contributed by atoms with Crippen LogP contribution in [0.15, 0.2) is 30.3 Å². The summed E-state index contributed by atoms with van der Waals surface area (Å²) in [7, 11) is 1.34. The third-order valence-corrected chi connectivity index (χ3v) is 4.91. The summed E-state index contributed by atoms with van der Waals surface area (Å²) in [5.41, 5.74) is 3.59. The fraction of sp³-hybridized carbons (Fsp3) is 0.368. The van der Waals surface area contributed by atoms with Gasteiger partial charge in [-0.25, -0.2) is 9.78 Å². The van der Waals surface area contributed by atoms with Gasteiger partial charge in [-0.2, -0.15) is 0 Å². The molecule has 1 fully saturated rings. The summed E-state index contributed by atoms with van der Waals surface area (Å²) in [6.45, 7) is 3.85. The van der Waals surface area contributed by atoms with Crippen LogP contribution in [0, 0.1) is 6.92 Å². The van der Waals surface area contributed by atoms with Gasteiger partial charge in [-0.15, -0.1) is 10.2 Å². The lowest BCUT2D eigenvalue weighted by Gasteiger charge is -2.31. The monoisotopic (exact) mass is 351 g/mol. The number of nitrogens with one attached hydrogen (secondary N) is 1. The first-order chi connectivity index (χ1) is 12.6. The van der Waals surface area contributed by atoms with Crippen molar-refractivity contribution in [2.75, 3.05) is 25.1 Å². The SMILES string of the molecule is COC(=O)c1ccc(N2CCC(c3nc4ccc(C)cc4[nH]3)CC2)nn1. The van der Waals surface area contributed by atoms with Gasteiger partial charge >= 0.3 is 5.97 Å². The van der Waals surface area contributed by atoms with Gasteiger partial charge in [0.15, 0.2) is 11.5 Å². The van der Waals surface area contributed by atoms with Crippen LogP contribution in [-0.2, 0) is 4.74 Å². The molecule has 0 bridgehead atoms. The van der Waals surface area contributed by atoms with E-state index in [2.05, 4.69) is 49.9 Å². The molecule has 134 valence electrons. The number of nitrogens with zero attached hydrogens (tertiary/aromatic N) is 4. The summed E-state index contributed by atoms with van der Waals surface area (Å²) < 4.78 is 4.65. The van der Waals surface area contributed by atoms with E-state index in [9.17, 15) is 4.79 Å². The minimum absolute atomic E-state index is 0.226. The van der Waals surface area contributed by atoms with Crippen LogP contribution in [0.25, 0.3) is 11.0 Å². The van der Waals surface area contributed by atoms with E-state index in [1.165, 1.54) is 12.7 Å². The molecule has 0 aliphatic carbocycles. The number of piperidine rings is 1. The number of carbonyl (C=O) groups excluding carboxylic acids is 1. The molecule has 0 saturated carbocycles. The van der Waals surface area contributed by atoms with Gasteiger partial charge < -0.3 is 14.6 Å².